The van der Waals surface area contributed by atoms with Gasteiger partial charge in [-0.2, -0.15) is 0 Å². The molecule has 8 heteroatoms. The lowest BCUT2D eigenvalue weighted by Gasteiger charge is -2.32. The Labute approximate surface area is 201 Å². The molecule has 34 heavy (non-hydrogen) atoms. The maximum absolute atomic E-state index is 13.5. The number of fused-ring (bicyclic) bond motifs is 1. The highest BCUT2D eigenvalue weighted by atomic mass is 16.5. The number of phenolic OH excluding ortho intramolecular Hbond substituents is 1. The number of nitrogens with one attached hydrogen (secondary N) is 2. The maximum atomic E-state index is 13.5. The number of benzene rings is 2. The van der Waals surface area contributed by atoms with Crippen molar-refractivity contribution in [2.24, 2.45) is 5.92 Å². The van der Waals surface area contributed by atoms with E-state index in [9.17, 15) is 9.90 Å². The van der Waals surface area contributed by atoms with Crippen LogP contribution in [0.1, 0.15) is 49.9 Å². The van der Waals surface area contributed by atoms with Crippen molar-refractivity contribution in [2.45, 2.75) is 44.8 Å². The second kappa shape index (κ2) is 11.1. The van der Waals surface area contributed by atoms with Crippen LogP contribution < -0.4 is 20.3 Å². The van der Waals surface area contributed by atoms with Crippen molar-refractivity contribution in [3.63, 3.8) is 0 Å². The third-order valence-corrected chi connectivity index (χ3v) is 6.50. The summed E-state index contributed by atoms with van der Waals surface area (Å²) in [5.41, 5.74) is 8.23. The number of methoxy groups -OCH3 is 1. The molecule has 2 aromatic rings. The molecule has 2 heterocycles. The number of carbonyl (C=O) groups is 1. The predicted octanol–water partition coefficient (Wildman–Crippen LogP) is 3.33. The molecular weight excluding hydrogens is 434 g/mol. The third kappa shape index (κ3) is 4.71. The Bertz CT molecular complexity index is 985. The molecule has 4 unspecified atom stereocenters. The standard InChI is InChI=1S/C26H35N3O5/c1-4-14-34-20-12-11-17(16-21(20)33-5-2)25-22-23(18-9-6-7-10-19(18)30)27-28-24(22)26(31)29(25)13-8-15-32-3/h6-7,9-12,16,22-25,27-28,30H,4-5,8,13-15H2,1-3H3. The third-order valence-electron chi connectivity index (χ3n) is 6.50. The number of hydrogen-bond donors (Lipinski definition) is 3. The first-order valence-corrected chi connectivity index (χ1v) is 12.1. The summed E-state index contributed by atoms with van der Waals surface area (Å²) in [6.07, 6.45) is 1.64. The van der Waals surface area contributed by atoms with Crippen LogP contribution >= 0.6 is 0 Å². The first-order valence-electron chi connectivity index (χ1n) is 12.1. The number of aromatic hydroxyl groups is 1. The summed E-state index contributed by atoms with van der Waals surface area (Å²) in [4.78, 5) is 15.4. The maximum Gasteiger partial charge on any atom is 0.242 e. The van der Waals surface area contributed by atoms with Gasteiger partial charge in [-0.25, -0.2) is 10.9 Å². The molecule has 2 aromatic carbocycles. The Kier molecular flexibility index (Phi) is 7.92. The van der Waals surface area contributed by atoms with Gasteiger partial charge in [0.1, 0.15) is 11.8 Å². The molecule has 1 amide bonds. The summed E-state index contributed by atoms with van der Waals surface area (Å²) < 4.78 is 17.1. The zero-order valence-electron chi connectivity index (χ0n) is 20.1. The number of amides is 1. The number of likely N-dealkylation sites (tertiary alicyclic amines) is 1. The van der Waals surface area contributed by atoms with E-state index in [1.54, 1.807) is 19.2 Å². The smallest absolute Gasteiger partial charge is 0.242 e. The average Bonchev–Trinajstić information content (AvgIpc) is 3.38. The van der Waals surface area contributed by atoms with Crippen molar-refractivity contribution in [3.05, 3.63) is 53.6 Å². The topological polar surface area (TPSA) is 92.3 Å². The van der Waals surface area contributed by atoms with Crippen molar-refractivity contribution in [3.8, 4) is 17.2 Å². The first kappa shape index (κ1) is 24.3. The molecule has 3 N–H and O–H groups in total. The number of phenols is 1. The lowest BCUT2D eigenvalue weighted by atomic mass is 9.83. The lowest BCUT2D eigenvalue weighted by molar-refractivity contribution is -0.131. The molecule has 4 atom stereocenters. The Morgan fingerprint density at radius 1 is 1.00 bits per heavy atom. The van der Waals surface area contributed by atoms with Crippen LogP contribution in [0.3, 0.4) is 0 Å². The molecule has 0 saturated carbocycles. The molecule has 2 saturated heterocycles. The summed E-state index contributed by atoms with van der Waals surface area (Å²) >= 11 is 0. The summed E-state index contributed by atoms with van der Waals surface area (Å²) in [5, 5.41) is 10.6. The molecule has 0 spiro atoms. The Morgan fingerprint density at radius 2 is 1.79 bits per heavy atom. The fourth-order valence-corrected chi connectivity index (χ4v) is 5.05. The number of para-hydroxylation sites is 1. The van der Waals surface area contributed by atoms with Crippen LogP contribution in [-0.2, 0) is 9.53 Å². The van der Waals surface area contributed by atoms with Gasteiger partial charge in [-0.1, -0.05) is 31.2 Å². The quantitative estimate of drug-likeness (QED) is 0.435. The van der Waals surface area contributed by atoms with E-state index in [0.29, 0.717) is 37.9 Å². The van der Waals surface area contributed by atoms with Crippen LogP contribution in [0.15, 0.2) is 42.5 Å². The van der Waals surface area contributed by atoms with Crippen molar-refractivity contribution in [1.29, 1.82) is 0 Å². The average molecular weight is 470 g/mol. The van der Waals surface area contributed by atoms with Gasteiger partial charge < -0.3 is 24.2 Å². The molecule has 2 aliphatic rings. The summed E-state index contributed by atoms with van der Waals surface area (Å²) in [6, 6.07) is 12.4. The van der Waals surface area contributed by atoms with E-state index in [1.807, 2.05) is 42.2 Å². The van der Waals surface area contributed by atoms with E-state index >= 15 is 0 Å². The van der Waals surface area contributed by atoms with Gasteiger partial charge in [-0.3, -0.25) is 4.79 Å². The van der Waals surface area contributed by atoms with E-state index in [1.165, 1.54) is 0 Å². The van der Waals surface area contributed by atoms with Crippen LogP contribution in [-0.4, -0.2) is 55.4 Å². The highest BCUT2D eigenvalue weighted by Gasteiger charge is 2.55. The first-order chi connectivity index (χ1) is 16.6. The zero-order chi connectivity index (χ0) is 24.1. The van der Waals surface area contributed by atoms with E-state index < -0.39 is 6.04 Å². The van der Waals surface area contributed by atoms with Crippen LogP contribution in [0.4, 0.5) is 0 Å². The van der Waals surface area contributed by atoms with Gasteiger partial charge in [0.2, 0.25) is 5.91 Å². The molecule has 184 valence electrons. The SMILES string of the molecule is CCCOc1ccc(C2C3C(NNC3c3ccccc3O)C(=O)N2CCCOC)cc1OCC. The van der Waals surface area contributed by atoms with Crippen LogP contribution in [0, 0.1) is 5.92 Å². The predicted molar refractivity (Wildman–Crippen MR) is 129 cm³/mol. The van der Waals surface area contributed by atoms with Gasteiger partial charge in [0, 0.05) is 31.7 Å². The summed E-state index contributed by atoms with van der Waals surface area (Å²) in [6.45, 7) is 6.30. The minimum atomic E-state index is -0.399. The molecule has 0 aliphatic carbocycles. The molecule has 0 aromatic heterocycles. The molecule has 8 nitrogen and oxygen atoms in total. The molecular formula is C26H35N3O5. The fourth-order valence-electron chi connectivity index (χ4n) is 5.05. The van der Waals surface area contributed by atoms with Gasteiger partial charge in [-0.15, -0.1) is 0 Å². The van der Waals surface area contributed by atoms with Gasteiger partial charge in [0.25, 0.3) is 0 Å². The van der Waals surface area contributed by atoms with Crippen molar-refractivity contribution in [1.82, 2.24) is 15.8 Å². The highest BCUT2D eigenvalue weighted by Crippen LogP contribution is 2.49. The minimum Gasteiger partial charge on any atom is -0.508 e. The van der Waals surface area contributed by atoms with Crippen LogP contribution in [0.5, 0.6) is 17.2 Å². The second-order valence-corrected chi connectivity index (χ2v) is 8.69. The van der Waals surface area contributed by atoms with Crippen LogP contribution in [0.2, 0.25) is 0 Å². The van der Waals surface area contributed by atoms with E-state index in [-0.39, 0.29) is 29.7 Å². The number of carbonyl (C=O) groups excluding carboxylic acids is 1. The zero-order valence-corrected chi connectivity index (χ0v) is 20.1. The molecule has 2 fully saturated rings. The van der Waals surface area contributed by atoms with Crippen molar-refractivity contribution in [2.75, 3.05) is 33.5 Å². The Balaban J connectivity index is 1.74. The number of nitrogens with zero attached hydrogens (tertiary/aromatic N) is 1. The number of hydrazine groups is 1. The van der Waals surface area contributed by atoms with Crippen molar-refractivity contribution < 1.29 is 24.1 Å². The monoisotopic (exact) mass is 469 g/mol. The van der Waals surface area contributed by atoms with E-state index in [2.05, 4.69) is 17.8 Å². The Morgan fingerprint density at radius 3 is 2.53 bits per heavy atom. The molecule has 4 rings (SSSR count). The van der Waals surface area contributed by atoms with E-state index in [4.69, 9.17) is 14.2 Å². The normalized spacial score (nSPS) is 23.9. The highest BCUT2D eigenvalue weighted by molar-refractivity contribution is 5.86. The number of hydrogen-bond acceptors (Lipinski definition) is 7. The summed E-state index contributed by atoms with van der Waals surface area (Å²) in [7, 11) is 1.67. The Hall–Kier alpha value is -2.81. The van der Waals surface area contributed by atoms with Gasteiger partial charge in [-0.05, 0) is 43.5 Å². The minimum absolute atomic E-state index is 0.0424. The van der Waals surface area contributed by atoms with Gasteiger partial charge >= 0.3 is 0 Å². The van der Waals surface area contributed by atoms with E-state index in [0.717, 1.165) is 24.0 Å². The lowest BCUT2D eigenvalue weighted by Crippen LogP contribution is -2.41. The molecule has 0 radical (unpaired) electrons. The fraction of sp³-hybridized carbons (Fsp3) is 0.500. The van der Waals surface area contributed by atoms with Crippen molar-refractivity contribution >= 4 is 5.91 Å². The van der Waals surface area contributed by atoms with Gasteiger partial charge in [0.15, 0.2) is 11.5 Å². The van der Waals surface area contributed by atoms with Crippen LogP contribution in [0.25, 0.3) is 0 Å². The number of rotatable bonds is 11. The molecule has 2 aliphatic heterocycles. The second-order valence-electron chi connectivity index (χ2n) is 8.69. The molecule has 0 bridgehead atoms. The summed E-state index contributed by atoms with van der Waals surface area (Å²) in [5.74, 6) is 1.52. The number of ether oxygens (including phenoxy) is 3. The van der Waals surface area contributed by atoms with Gasteiger partial charge in [0.05, 0.1) is 25.3 Å². The largest absolute Gasteiger partial charge is 0.508 e.